The van der Waals surface area contributed by atoms with E-state index in [0.717, 1.165) is 25.8 Å². The lowest BCUT2D eigenvalue weighted by molar-refractivity contribution is -0.121. The quantitative estimate of drug-likeness (QED) is 0.747. The van der Waals surface area contributed by atoms with Gasteiger partial charge in [0.25, 0.3) is 0 Å². The van der Waals surface area contributed by atoms with Crippen LogP contribution in [0.2, 0.25) is 0 Å². The standard InChI is InChI=1S/C19H30N2O/c1-19(2,21-14-8-9-15-21)16-20-18(22)13-7-6-12-17-10-4-3-5-11-17/h3-5,10-11H,6-9,12-16H2,1-2H3,(H,20,22). The van der Waals surface area contributed by atoms with E-state index < -0.39 is 0 Å². The molecular formula is C19H30N2O. The van der Waals surface area contributed by atoms with E-state index in [2.05, 4.69) is 48.3 Å². The molecule has 1 saturated heterocycles. The van der Waals surface area contributed by atoms with Crippen LogP contribution in [-0.4, -0.2) is 36.0 Å². The highest BCUT2D eigenvalue weighted by molar-refractivity contribution is 5.75. The molecule has 3 heteroatoms. The molecule has 1 aromatic carbocycles. The first-order chi connectivity index (χ1) is 10.6. The van der Waals surface area contributed by atoms with Crippen LogP contribution in [0, 0.1) is 0 Å². The van der Waals surface area contributed by atoms with E-state index in [0.29, 0.717) is 6.42 Å². The van der Waals surface area contributed by atoms with Gasteiger partial charge in [0.1, 0.15) is 0 Å². The van der Waals surface area contributed by atoms with Gasteiger partial charge in [0.2, 0.25) is 5.91 Å². The Morgan fingerprint density at radius 2 is 1.82 bits per heavy atom. The minimum atomic E-state index is 0.0796. The number of aryl methyl sites for hydroxylation is 1. The Bertz CT molecular complexity index is 450. The van der Waals surface area contributed by atoms with Crippen molar-refractivity contribution in [2.75, 3.05) is 19.6 Å². The fraction of sp³-hybridized carbons (Fsp3) is 0.632. The van der Waals surface area contributed by atoms with Crippen molar-refractivity contribution in [2.24, 2.45) is 0 Å². The third-order valence-electron chi connectivity index (χ3n) is 4.64. The molecule has 3 nitrogen and oxygen atoms in total. The molecule has 1 amide bonds. The lowest BCUT2D eigenvalue weighted by Crippen LogP contribution is -2.50. The molecule has 0 unspecified atom stereocenters. The van der Waals surface area contributed by atoms with Gasteiger partial charge in [-0.1, -0.05) is 30.3 Å². The van der Waals surface area contributed by atoms with E-state index in [4.69, 9.17) is 0 Å². The van der Waals surface area contributed by atoms with Crippen LogP contribution in [0.4, 0.5) is 0 Å². The number of unbranched alkanes of at least 4 members (excludes halogenated alkanes) is 1. The Hall–Kier alpha value is -1.35. The summed E-state index contributed by atoms with van der Waals surface area (Å²) in [6, 6.07) is 10.5. The van der Waals surface area contributed by atoms with Gasteiger partial charge >= 0.3 is 0 Å². The number of nitrogens with one attached hydrogen (secondary N) is 1. The highest BCUT2D eigenvalue weighted by Crippen LogP contribution is 2.20. The lowest BCUT2D eigenvalue weighted by atomic mass is 10.0. The number of likely N-dealkylation sites (tertiary alicyclic amines) is 1. The van der Waals surface area contributed by atoms with Gasteiger partial charge in [-0.05, 0) is 64.6 Å². The van der Waals surface area contributed by atoms with Crippen molar-refractivity contribution in [1.29, 1.82) is 0 Å². The molecule has 0 saturated carbocycles. The predicted molar refractivity (Wildman–Crippen MR) is 91.9 cm³/mol. The minimum absolute atomic E-state index is 0.0796. The van der Waals surface area contributed by atoms with Gasteiger partial charge in [0, 0.05) is 18.5 Å². The van der Waals surface area contributed by atoms with E-state index in [1.165, 1.54) is 31.5 Å². The van der Waals surface area contributed by atoms with Gasteiger partial charge < -0.3 is 5.32 Å². The molecule has 0 aliphatic carbocycles. The fourth-order valence-corrected chi connectivity index (χ4v) is 3.10. The van der Waals surface area contributed by atoms with Crippen molar-refractivity contribution < 1.29 is 4.79 Å². The van der Waals surface area contributed by atoms with Gasteiger partial charge in [-0.3, -0.25) is 9.69 Å². The molecule has 0 bridgehead atoms. The summed E-state index contributed by atoms with van der Waals surface area (Å²) in [5.74, 6) is 0.195. The average molecular weight is 302 g/mol. The molecule has 1 aromatic rings. The minimum Gasteiger partial charge on any atom is -0.354 e. The molecule has 122 valence electrons. The second-order valence-electron chi connectivity index (χ2n) is 6.98. The predicted octanol–water partition coefficient (Wildman–Crippen LogP) is 3.39. The molecule has 22 heavy (non-hydrogen) atoms. The Kier molecular flexibility index (Phi) is 6.44. The largest absolute Gasteiger partial charge is 0.354 e. The summed E-state index contributed by atoms with van der Waals surface area (Å²) in [6.07, 6.45) is 6.32. The maximum atomic E-state index is 12.0. The lowest BCUT2D eigenvalue weighted by Gasteiger charge is -2.35. The normalized spacial score (nSPS) is 15.9. The third-order valence-corrected chi connectivity index (χ3v) is 4.64. The van der Waals surface area contributed by atoms with Crippen molar-refractivity contribution in [3.05, 3.63) is 35.9 Å². The Balaban J connectivity index is 1.59. The van der Waals surface area contributed by atoms with E-state index in [1.807, 2.05) is 6.07 Å². The number of benzene rings is 1. The van der Waals surface area contributed by atoms with E-state index in [1.54, 1.807) is 0 Å². The van der Waals surface area contributed by atoms with Crippen molar-refractivity contribution in [2.45, 2.75) is 57.9 Å². The number of carbonyl (C=O) groups excluding carboxylic acids is 1. The zero-order valence-corrected chi connectivity index (χ0v) is 14.1. The number of hydrogen-bond acceptors (Lipinski definition) is 2. The maximum absolute atomic E-state index is 12.0. The van der Waals surface area contributed by atoms with Crippen LogP contribution in [0.3, 0.4) is 0 Å². The number of carbonyl (C=O) groups is 1. The van der Waals surface area contributed by atoms with Crippen molar-refractivity contribution in [3.63, 3.8) is 0 Å². The highest BCUT2D eigenvalue weighted by Gasteiger charge is 2.29. The molecule has 2 rings (SSSR count). The molecule has 1 aliphatic rings. The summed E-state index contributed by atoms with van der Waals surface area (Å²) in [5.41, 5.74) is 1.44. The smallest absolute Gasteiger partial charge is 0.220 e. The number of amides is 1. The van der Waals surface area contributed by atoms with Gasteiger partial charge in [0.15, 0.2) is 0 Å². The summed E-state index contributed by atoms with van der Waals surface area (Å²) >= 11 is 0. The average Bonchev–Trinajstić information content (AvgIpc) is 3.06. The highest BCUT2D eigenvalue weighted by atomic mass is 16.1. The van der Waals surface area contributed by atoms with Gasteiger partial charge in [-0.2, -0.15) is 0 Å². The molecule has 1 heterocycles. The van der Waals surface area contributed by atoms with Gasteiger partial charge in [-0.25, -0.2) is 0 Å². The summed E-state index contributed by atoms with van der Waals surface area (Å²) in [5, 5.41) is 3.12. The number of hydrogen-bond donors (Lipinski definition) is 1. The van der Waals surface area contributed by atoms with Crippen molar-refractivity contribution >= 4 is 5.91 Å². The zero-order valence-electron chi connectivity index (χ0n) is 14.1. The second-order valence-corrected chi connectivity index (χ2v) is 6.98. The first-order valence-corrected chi connectivity index (χ1v) is 8.64. The molecule has 1 N–H and O–H groups in total. The molecule has 1 aliphatic heterocycles. The summed E-state index contributed by atoms with van der Waals surface area (Å²) < 4.78 is 0. The molecule has 0 radical (unpaired) electrons. The van der Waals surface area contributed by atoms with Crippen LogP contribution in [0.25, 0.3) is 0 Å². The molecular weight excluding hydrogens is 272 g/mol. The Morgan fingerprint density at radius 3 is 2.50 bits per heavy atom. The molecule has 0 aromatic heterocycles. The monoisotopic (exact) mass is 302 g/mol. The van der Waals surface area contributed by atoms with Gasteiger partial charge in [-0.15, -0.1) is 0 Å². The maximum Gasteiger partial charge on any atom is 0.220 e. The topological polar surface area (TPSA) is 32.3 Å². The number of rotatable bonds is 8. The van der Waals surface area contributed by atoms with Crippen LogP contribution < -0.4 is 5.32 Å². The Morgan fingerprint density at radius 1 is 1.14 bits per heavy atom. The number of nitrogens with zero attached hydrogens (tertiary/aromatic N) is 1. The van der Waals surface area contributed by atoms with E-state index >= 15 is 0 Å². The van der Waals surface area contributed by atoms with Crippen LogP contribution in [0.15, 0.2) is 30.3 Å². The van der Waals surface area contributed by atoms with Crippen LogP contribution in [-0.2, 0) is 11.2 Å². The Labute approximate surface area is 135 Å². The molecule has 1 fully saturated rings. The molecule has 0 atom stereocenters. The van der Waals surface area contributed by atoms with Crippen LogP contribution in [0.5, 0.6) is 0 Å². The van der Waals surface area contributed by atoms with Crippen molar-refractivity contribution in [1.82, 2.24) is 10.2 Å². The van der Waals surface area contributed by atoms with E-state index in [-0.39, 0.29) is 11.4 Å². The third kappa shape index (κ3) is 5.45. The van der Waals surface area contributed by atoms with Crippen LogP contribution >= 0.6 is 0 Å². The van der Waals surface area contributed by atoms with Gasteiger partial charge in [0.05, 0.1) is 0 Å². The molecule has 0 spiro atoms. The zero-order chi connectivity index (χ0) is 15.8. The van der Waals surface area contributed by atoms with Crippen molar-refractivity contribution in [3.8, 4) is 0 Å². The fourth-order valence-electron chi connectivity index (χ4n) is 3.10. The first kappa shape index (κ1) is 17.0. The van der Waals surface area contributed by atoms with E-state index in [9.17, 15) is 4.79 Å². The first-order valence-electron chi connectivity index (χ1n) is 8.64. The SMILES string of the molecule is CC(C)(CNC(=O)CCCCc1ccccc1)N1CCCC1. The van der Waals surface area contributed by atoms with Crippen LogP contribution in [0.1, 0.15) is 51.5 Å². The summed E-state index contributed by atoms with van der Waals surface area (Å²) in [7, 11) is 0. The summed E-state index contributed by atoms with van der Waals surface area (Å²) in [6.45, 7) is 7.55. The second kappa shape index (κ2) is 8.33. The summed E-state index contributed by atoms with van der Waals surface area (Å²) in [4.78, 5) is 14.5.